The molecule has 0 radical (unpaired) electrons. The molecule has 2 N–H and O–H groups in total. The summed E-state index contributed by atoms with van der Waals surface area (Å²) in [7, 11) is 0. The van der Waals surface area contributed by atoms with Crippen molar-refractivity contribution in [2.24, 2.45) is 0 Å². The molecule has 1 aliphatic carbocycles. The van der Waals surface area contributed by atoms with Gasteiger partial charge in [-0.1, -0.05) is 36.4 Å². The lowest BCUT2D eigenvalue weighted by molar-refractivity contribution is 0.0890. The van der Waals surface area contributed by atoms with Crippen molar-refractivity contribution in [1.82, 2.24) is 10.3 Å². The second-order valence-electron chi connectivity index (χ2n) is 10.8. The Morgan fingerprint density at radius 2 is 1.73 bits per heavy atom. The van der Waals surface area contributed by atoms with E-state index >= 15 is 0 Å². The third-order valence-electron chi connectivity index (χ3n) is 7.85. The molecule has 0 saturated carbocycles. The zero-order valence-electron chi connectivity index (χ0n) is 22.8. The molecule has 0 atom stereocenters. The topological polar surface area (TPSA) is 72.6 Å². The van der Waals surface area contributed by atoms with Crippen molar-refractivity contribution in [3.8, 4) is 22.6 Å². The maximum Gasteiger partial charge on any atom is 0.252 e. The molecule has 6 nitrogen and oxygen atoms in total. The Balaban J connectivity index is 1.23. The van der Waals surface area contributed by atoms with Crippen LogP contribution in [0, 0.1) is 0 Å². The normalized spacial score (nSPS) is 13.8. The first-order valence-electron chi connectivity index (χ1n) is 14.0. The van der Waals surface area contributed by atoms with E-state index in [0.717, 1.165) is 74.0 Å². The number of amides is 1. The van der Waals surface area contributed by atoms with Gasteiger partial charge in [0.1, 0.15) is 18.1 Å². The van der Waals surface area contributed by atoms with E-state index in [1.165, 1.54) is 11.1 Å². The van der Waals surface area contributed by atoms with E-state index in [2.05, 4.69) is 46.7 Å². The Morgan fingerprint density at radius 1 is 0.875 bits per heavy atom. The van der Waals surface area contributed by atoms with Gasteiger partial charge in [0.25, 0.3) is 5.91 Å². The van der Waals surface area contributed by atoms with Crippen molar-refractivity contribution in [1.29, 1.82) is 0 Å². The van der Waals surface area contributed by atoms with E-state index in [0.29, 0.717) is 26.4 Å². The minimum absolute atomic E-state index is 0.000765. The average Bonchev–Trinajstić information content (AvgIpc) is 3.53. The van der Waals surface area contributed by atoms with Gasteiger partial charge in [-0.3, -0.25) is 4.79 Å². The van der Waals surface area contributed by atoms with Crippen molar-refractivity contribution in [3.63, 3.8) is 0 Å². The monoisotopic (exact) mass is 532 g/mol. The molecular weight excluding hydrogens is 500 g/mol. The minimum atomic E-state index is 0.000765. The van der Waals surface area contributed by atoms with Gasteiger partial charge in [-0.25, -0.2) is 0 Å². The molecule has 1 amide bonds. The summed E-state index contributed by atoms with van der Waals surface area (Å²) in [4.78, 5) is 16.9. The molecule has 1 aliphatic heterocycles. The zero-order valence-corrected chi connectivity index (χ0v) is 22.8. The van der Waals surface area contributed by atoms with Crippen LogP contribution in [0.1, 0.15) is 46.5 Å². The lowest BCUT2D eigenvalue weighted by Gasteiger charge is -2.24. The van der Waals surface area contributed by atoms with Crippen LogP contribution in [0.15, 0.2) is 66.7 Å². The molecule has 4 aromatic carbocycles. The van der Waals surface area contributed by atoms with Crippen molar-refractivity contribution in [3.05, 3.63) is 94.5 Å². The Kier molecular flexibility index (Phi) is 6.20. The van der Waals surface area contributed by atoms with Crippen molar-refractivity contribution >= 4 is 27.7 Å². The predicted octanol–water partition coefficient (Wildman–Crippen LogP) is 6.71. The summed E-state index contributed by atoms with van der Waals surface area (Å²) < 4.78 is 17.8. The summed E-state index contributed by atoms with van der Waals surface area (Å²) in [5, 5.41) is 5.31. The molecule has 5 aromatic rings. The molecule has 0 unspecified atom stereocenters. The number of hydrogen-bond acceptors (Lipinski definition) is 4. The molecular formula is C34H32N2O4. The Morgan fingerprint density at radius 3 is 2.58 bits per heavy atom. The maximum atomic E-state index is 13.2. The van der Waals surface area contributed by atoms with Crippen LogP contribution in [0.25, 0.3) is 32.9 Å². The number of H-pyrrole nitrogens is 1. The molecule has 6 heteroatoms. The molecule has 2 heterocycles. The molecule has 202 valence electrons. The fraction of sp³-hybridized carbons (Fsp3) is 0.265. The third kappa shape index (κ3) is 4.29. The van der Waals surface area contributed by atoms with Crippen LogP contribution in [0.2, 0.25) is 0 Å². The van der Waals surface area contributed by atoms with Crippen LogP contribution in [-0.4, -0.2) is 30.2 Å². The summed E-state index contributed by atoms with van der Waals surface area (Å²) >= 11 is 0. The molecule has 7 rings (SSSR count). The van der Waals surface area contributed by atoms with Gasteiger partial charge < -0.3 is 24.5 Å². The van der Waals surface area contributed by atoms with Crippen LogP contribution >= 0.6 is 0 Å². The van der Waals surface area contributed by atoms with Crippen LogP contribution < -0.4 is 14.8 Å². The highest BCUT2D eigenvalue weighted by Gasteiger charge is 2.33. The van der Waals surface area contributed by atoms with Gasteiger partial charge in [-0.15, -0.1) is 0 Å². The SMILES string of the molecule is CC(C)Oc1ccc2c(c1)CCc1c-2c2c(c3c1[nH]c1ccc(OCCOCc4ccccc4)cc13)CNC2=O. The van der Waals surface area contributed by atoms with Gasteiger partial charge in [-0.2, -0.15) is 0 Å². The zero-order chi connectivity index (χ0) is 27.2. The van der Waals surface area contributed by atoms with Crippen LogP contribution in [0.5, 0.6) is 11.5 Å². The average molecular weight is 533 g/mol. The highest BCUT2D eigenvalue weighted by atomic mass is 16.5. The summed E-state index contributed by atoms with van der Waals surface area (Å²) in [6, 6.07) is 22.6. The minimum Gasteiger partial charge on any atom is -0.491 e. The lowest BCUT2D eigenvalue weighted by atomic mass is 9.80. The number of aryl methyl sites for hydroxylation is 2. The fourth-order valence-corrected chi connectivity index (χ4v) is 6.19. The van der Waals surface area contributed by atoms with Crippen LogP contribution in [0.3, 0.4) is 0 Å². The number of carbonyl (C=O) groups is 1. The number of ether oxygens (including phenoxy) is 3. The maximum absolute atomic E-state index is 13.2. The van der Waals surface area contributed by atoms with Gasteiger partial charge in [0.15, 0.2) is 0 Å². The fourth-order valence-electron chi connectivity index (χ4n) is 6.19. The van der Waals surface area contributed by atoms with Gasteiger partial charge >= 0.3 is 0 Å². The largest absolute Gasteiger partial charge is 0.491 e. The standard InChI is InChI=1S/C34H32N2O4/c1-20(2)40-24-9-12-25-22(16-24)8-11-26-30(25)32-28(18-35-34(32)37)31-27-17-23(10-13-29(27)36-33(26)31)39-15-14-38-19-21-6-4-3-5-7-21/h3-7,9-10,12-13,16-17,20,36H,8,11,14-15,18-19H2,1-2H3,(H,35,37). The number of hydrogen-bond donors (Lipinski definition) is 2. The number of aromatic nitrogens is 1. The summed E-state index contributed by atoms with van der Waals surface area (Å²) in [5.41, 5.74) is 9.82. The van der Waals surface area contributed by atoms with Crippen molar-refractivity contribution in [2.75, 3.05) is 13.2 Å². The molecule has 0 fully saturated rings. The second kappa shape index (κ2) is 10.0. The highest BCUT2D eigenvalue weighted by Crippen LogP contribution is 2.46. The Labute approximate surface area is 233 Å². The van der Waals surface area contributed by atoms with Gasteiger partial charge in [0, 0.05) is 28.4 Å². The third-order valence-corrected chi connectivity index (χ3v) is 7.85. The number of rotatable bonds is 8. The van der Waals surface area contributed by atoms with Crippen LogP contribution in [0.4, 0.5) is 0 Å². The molecule has 0 spiro atoms. The van der Waals surface area contributed by atoms with Crippen molar-refractivity contribution in [2.45, 2.75) is 45.9 Å². The molecule has 40 heavy (non-hydrogen) atoms. The number of fused-ring (bicyclic) bond motifs is 10. The molecule has 2 aliphatic rings. The van der Waals surface area contributed by atoms with E-state index < -0.39 is 0 Å². The van der Waals surface area contributed by atoms with Gasteiger partial charge in [0.05, 0.1) is 30.4 Å². The second-order valence-corrected chi connectivity index (χ2v) is 10.8. The van der Waals surface area contributed by atoms with E-state index in [4.69, 9.17) is 14.2 Å². The quantitative estimate of drug-likeness (QED) is 0.218. The summed E-state index contributed by atoms with van der Waals surface area (Å²) in [6.45, 7) is 6.13. The first-order valence-corrected chi connectivity index (χ1v) is 14.0. The van der Waals surface area contributed by atoms with Crippen LogP contribution in [-0.2, 0) is 30.7 Å². The highest BCUT2D eigenvalue weighted by molar-refractivity contribution is 6.19. The Hall–Kier alpha value is -4.29. The number of aromatic amines is 1. The number of nitrogens with one attached hydrogen (secondary N) is 2. The van der Waals surface area contributed by atoms with Gasteiger partial charge in [0.2, 0.25) is 0 Å². The number of carbonyl (C=O) groups excluding carboxylic acids is 1. The smallest absolute Gasteiger partial charge is 0.252 e. The molecule has 1 aromatic heterocycles. The van der Waals surface area contributed by atoms with E-state index in [1.54, 1.807) is 0 Å². The predicted molar refractivity (Wildman–Crippen MR) is 157 cm³/mol. The Bertz CT molecular complexity index is 1750. The first kappa shape index (κ1) is 24.7. The summed E-state index contributed by atoms with van der Waals surface area (Å²) in [6.07, 6.45) is 1.88. The van der Waals surface area contributed by atoms with E-state index in [-0.39, 0.29) is 12.0 Å². The van der Waals surface area contributed by atoms with E-state index in [1.807, 2.05) is 44.2 Å². The molecule has 0 bridgehead atoms. The van der Waals surface area contributed by atoms with E-state index in [9.17, 15) is 4.79 Å². The first-order chi connectivity index (χ1) is 19.6. The lowest BCUT2D eigenvalue weighted by Crippen LogP contribution is -2.15. The number of benzene rings is 4. The van der Waals surface area contributed by atoms with Gasteiger partial charge in [-0.05, 0) is 84.8 Å². The van der Waals surface area contributed by atoms with Crippen molar-refractivity contribution < 1.29 is 19.0 Å². The molecule has 0 saturated heterocycles. The summed E-state index contributed by atoms with van der Waals surface area (Å²) in [5.74, 6) is 1.67.